The van der Waals surface area contributed by atoms with Gasteiger partial charge < -0.3 is 20.1 Å². The normalized spacial score (nSPS) is 20.8. The quantitative estimate of drug-likeness (QED) is 0.373. The molecule has 2 N–H and O–H groups in total. The number of fused-ring (bicyclic) bond motifs is 1. The number of nitrogens with zero attached hydrogens (tertiary/aromatic N) is 2. The number of unbranched alkanes of at least 4 members (excludes halogenated alkanes) is 1. The molecule has 0 spiro atoms. The van der Waals surface area contributed by atoms with Crippen LogP contribution < -0.4 is 15.2 Å². The lowest BCUT2D eigenvalue weighted by molar-refractivity contribution is -0.939. The zero-order valence-corrected chi connectivity index (χ0v) is 20.6. The minimum atomic E-state index is 0.176. The van der Waals surface area contributed by atoms with E-state index < -0.39 is 0 Å². The fourth-order valence-corrected chi connectivity index (χ4v) is 5.55. The second kappa shape index (κ2) is 10.5. The number of nitrogens with two attached hydrogens (primary N) is 1. The molecule has 5 nitrogen and oxygen atoms in total. The highest BCUT2D eigenvalue weighted by atomic mass is 16.7. The molecule has 0 amide bonds. The fourth-order valence-electron chi connectivity index (χ4n) is 5.55. The van der Waals surface area contributed by atoms with Crippen molar-refractivity contribution in [3.8, 4) is 11.5 Å². The maximum Gasteiger partial charge on any atom is 0.231 e. The summed E-state index contributed by atoms with van der Waals surface area (Å²) in [6.45, 7) is 5.97. The summed E-state index contributed by atoms with van der Waals surface area (Å²) in [5.74, 6) is 1.66. The minimum absolute atomic E-state index is 0.176. The SMILES string of the molecule is CCCCN1C(CCN)=C[N+](Cc2ccccc2)(Cc2ccc3c(c2)OCO3)C1c1ccccc1. The summed E-state index contributed by atoms with van der Waals surface area (Å²) in [4.78, 5) is 2.63. The van der Waals surface area contributed by atoms with Crippen molar-refractivity contribution >= 4 is 0 Å². The van der Waals surface area contributed by atoms with Gasteiger partial charge in [0.05, 0.1) is 5.70 Å². The molecule has 0 radical (unpaired) electrons. The maximum absolute atomic E-state index is 6.13. The van der Waals surface area contributed by atoms with Gasteiger partial charge in [0.1, 0.15) is 19.3 Å². The molecule has 182 valence electrons. The van der Waals surface area contributed by atoms with Gasteiger partial charge in [-0.15, -0.1) is 0 Å². The number of ether oxygens (including phenoxy) is 2. The molecule has 2 atom stereocenters. The van der Waals surface area contributed by atoms with Gasteiger partial charge in [0, 0.05) is 29.7 Å². The summed E-state index contributed by atoms with van der Waals surface area (Å²) < 4.78 is 12.1. The van der Waals surface area contributed by atoms with Crippen molar-refractivity contribution in [2.45, 2.75) is 45.4 Å². The Bertz CT molecular complexity index is 1150. The second-order valence-corrected chi connectivity index (χ2v) is 9.58. The van der Waals surface area contributed by atoms with Crippen LogP contribution >= 0.6 is 0 Å². The topological polar surface area (TPSA) is 47.7 Å². The highest BCUT2D eigenvalue weighted by molar-refractivity contribution is 5.44. The van der Waals surface area contributed by atoms with Gasteiger partial charge in [0.15, 0.2) is 17.7 Å². The molecule has 3 aromatic carbocycles. The Labute approximate surface area is 209 Å². The van der Waals surface area contributed by atoms with Crippen molar-refractivity contribution in [2.75, 3.05) is 19.9 Å². The summed E-state index contributed by atoms with van der Waals surface area (Å²) in [7, 11) is 0. The van der Waals surface area contributed by atoms with E-state index in [4.69, 9.17) is 15.2 Å². The third-order valence-electron chi connectivity index (χ3n) is 7.04. The fraction of sp³-hybridized carbons (Fsp3) is 0.333. The Balaban J connectivity index is 1.63. The number of quaternary nitrogens is 1. The van der Waals surface area contributed by atoms with Gasteiger partial charge in [-0.2, -0.15) is 0 Å². The van der Waals surface area contributed by atoms with Crippen LogP contribution in [0.2, 0.25) is 0 Å². The molecule has 2 aliphatic heterocycles. The smallest absolute Gasteiger partial charge is 0.231 e. The van der Waals surface area contributed by atoms with Crippen LogP contribution in [0, 0.1) is 0 Å². The van der Waals surface area contributed by atoms with E-state index in [1.54, 1.807) is 0 Å². The predicted octanol–water partition coefficient (Wildman–Crippen LogP) is 5.94. The van der Waals surface area contributed by atoms with Crippen LogP contribution in [0.4, 0.5) is 0 Å². The summed E-state index contributed by atoms with van der Waals surface area (Å²) in [6, 6.07) is 28.2. The van der Waals surface area contributed by atoms with Crippen LogP contribution in [-0.2, 0) is 13.1 Å². The largest absolute Gasteiger partial charge is 0.454 e. The van der Waals surface area contributed by atoms with E-state index in [0.29, 0.717) is 13.3 Å². The number of hydrogen-bond donors (Lipinski definition) is 1. The van der Waals surface area contributed by atoms with Crippen molar-refractivity contribution in [1.82, 2.24) is 4.90 Å². The average molecular weight is 471 g/mol. The monoisotopic (exact) mass is 470 g/mol. The molecule has 3 aromatic rings. The summed E-state index contributed by atoms with van der Waals surface area (Å²) in [5, 5.41) is 0. The molecule has 2 aliphatic rings. The summed E-state index contributed by atoms with van der Waals surface area (Å²) in [5.41, 5.74) is 11.4. The van der Waals surface area contributed by atoms with E-state index in [1.165, 1.54) is 22.4 Å². The van der Waals surface area contributed by atoms with Crippen LogP contribution in [0.3, 0.4) is 0 Å². The lowest BCUT2D eigenvalue weighted by atomic mass is 10.0. The first-order valence-electron chi connectivity index (χ1n) is 12.7. The molecular formula is C30H36N3O2+. The first-order valence-corrected chi connectivity index (χ1v) is 12.7. The van der Waals surface area contributed by atoms with Gasteiger partial charge in [0.2, 0.25) is 6.79 Å². The van der Waals surface area contributed by atoms with E-state index >= 15 is 0 Å². The van der Waals surface area contributed by atoms with Crippen LogP contribution in [0.15, 0.2) is 90.8 Å². The van der Waals surface area contributed by atoms with Crippen LogP contribution in [0.1, 0.15) is 49.0 Å². The second-order valence-electron chi connectivity index (χ2n) is 9.58. The van der Waals surface area contributed by atoms with Gasteiger partial charge in [0.25, 0.3) is 0 Å². The van der Waals surface area contributed by atoms with E-state index in [1.807, 2.05) is 6.07 Å². The van der Waals surface area contributed by atoms with E-state index in [0.717, 1.165) is 54.9 Å². The minimum Gasteiger partial charge on any atom is -0.454 e. The average Bonchev–Trinajstić information content (AvgIpc) is 3.46. The van der Waals surface area contributed by atoms with E-state index in [-0.39, 0.29) is 6.17 Å². The third-order valence-corrected chi connectivity index (χ3v) is 7.04. The zero-order valence-electron chi connectivity index (χ0n) is 20.6. The molecule has 0 aromatic heterocycles. The van der Waals surface area contributed by atoms with Gasteiger partial charge >= 0.3 is 0 Å². The van der Waals surface area contributed by atoms with Gasteiger partial charge in [-0.25, -0.2) is 0 Å². The Hall–Kier alpha value is -3.28. The maximum atomic E-state index is 6.13. The lowest BCUT2D eigenvalue weighted by Crippen LogP contribution is -2.47. The van der Waals surface area contributed by atoms with Gasteiger partial charge in [-0.1, -0.05) is 74.0 Å². The first kappa shape index (κ1) is 23.5. The highest BCUT2D eigenvalue weighted by Crippen LogP contribution is 2.46. The van der Waals surface area contributed by atoms with Crippen molar-refractivity contribution in [2.24, 2.45) is 5.73 Å². The van der Waals surface area contributed by atoms with Crippen molar-refractivity contribution in [3.63, 3.8) is 0 Å². The number of rotatable bonds is 10. The first-order chi connectivity index (χ1) is 17.2. The highest BCUT2D eigenvalue weighted by Gasteiger charge is 2.47. The zero-order chi connectivity index (χ0) is 24.1. The lowest BCUT2D eigenvalue weighted by Gasteiger charge is -2.42. The molecular weight excluding hydrogens is 434 g/mol. The Morgan fingerprint density at radius 1 is 0.886 bits per heavy atom. The van der Waals surface area contributed by atoms with Crippen LogP contribution in [0.25, 0.3) is 0 Å². The van der Waals surface area contributed by atoms with Crippen molar-refractivity contribution < 1.29 is 14.0 Å². The molecule has 35 heavy (non-hydrogen) atoms. The predicted molar refractivity (Wildman–Crippen MR) is 139 cm³/mol. The Kier molecular flexibility index (Phi) is 7.07. The molecule has 5 heteroatoms. The molecule has 2 unspecified atom stereocenters. The molecule has 2 heterocycles. The number of hydrogen-bond acceptors (Lipinski definition) is 4. The summed E-state index contributed by atoms with van der Waals surface area (Å²) in [6.07, 6.45) is 5.87. The van der Waals surface area contributed by atoms with E-state index in [2.05, 4.69) is 90.8 Å². The third kappa shape index (κ3) is 4.93. The Morgan fingerprint density at radius 2 is 1.60 bits per heavy atom. The molecule has 5 rings (SSSR count). The Morgan fingerprint density at radius 3 is 2.34 bits per heavy atom. The van der Waals surface area contributed by atoms with Crippen LogP contribution in [0.5, 0.6) is 11.5 Å². The molecule has 0 fully saturated rings. The molecule has 0 bridgehead atoms. The number of benzene rings is 3. The van der Waals surface area contributed by atoms with Crippen molar-refractivity contribution in [1.29, 1.82) is 0 Å². The van der Waals surface area contributed by atoms with E-state index in [9.17, 15) is 0 Å². The van der Waals surface area contributed by atoms with Crippen molar-refractivity contribution in [3.05, 3.63) is 107 Å². The standard InChI is InChI=1S/C30H36N3O2/c1-2-3-18-32-27(16-17-31)22-33(20-24-10-6-4-7-11-24,30(32)26-12-8-5-9-13-26)21-25-14-15-28-29(19-25)35-23-34-28/h4-15,19,22,30H,2-3,16-18,20-21,23,31H2,1H3/q+1. The molecule has 0 saturated heterocycles. The van der Waals surface area contributed by atoms with Gasteiger partial charge in [-0.3, -0.25) is 4.48 Å². The van der Waals surface area contributed by atoms with Crippen LogP contribution in [-0.4, -0.2) is 29.3 Å². The summed E-state index contributed by atoms with van der Waals surface area (Å²) >= 11 is 0. The van der Waals surface area contributed by atoms with Gasteiger partial charge in [-0.05, 0) is 31.2 Å². The molecule has 0 saturated carbocycles. The molecule has 0 aliphatic carbocycles.